The molecule has 1 atom stereocenters. The lowest BCUT2D eigenvalue weighted by atomic mass is 10.1. The van der Waals surface area contributed by atoms with Gasteiger partial charge in [0.2, 0.25) is 0 Å². The molecule has 3 aromatic carbocycles. The van der Waals surface area contributed by atoms with Gasteiger partial charge in [-0.15, -0.1) is 9.24 Å². The van der Waals surface area contributed by atoms with E-state index in [0.717, 1.165) is 0 Å². The molecule has 0 spiro atoms. The maximum absolute atomic E-state index is 2.63. The molecule has 0 radical (unpaired) electrons. The molecule has 0 saturated heterocycles. The predicted octanol–water partition coefficient (Wildman–Crippen LogP) is 4.54. The minimum atomic E-state index is 1.24. The van der Waals surface area contributed by atoms with Crippen molar-refractivity contribution in [1.29, 1.82) is 0 Å². The highest BCUT2D eigenvalue weighted by Crippen LogP contribution is 2.17. The van der Waals surface area contributed by atoms with Crippen LogP contribution < -0.4 is 5.30 Å². The van der Waals surface area contributed by atoms with Crippen LogP contribution in [-0.2, 0) is 0 Å². The van der Waals surface area contributed by atoms with Crippen molar-refractivity contribution in [3.63, 3.8) is 0 Å². The van der Waals surface area contributed by atoms with Gasteiger partial charge in [-0.05, 0) is 16.4 Å². The zero-order chi connectivity index (χ0) is 13.3. The largest absolute Gasteiger partial charge is 0.106 e. The van der Waals surface area contributed by atoms with E-state index in [1.54, 1.807) is 0 Å². The highest BCUT2D eigenvalue weighted by molar-refractivity contribution is 7.27. The average Bonchev–Trinajstić information content (AvgIpc) is 2.51. The van der Waals surface area contributed by atoms with Crippen molar-refractivity contribution in [3.8, 4) is 11.1 Å². The van der Waals surface area contributed by atoms with E-state index in [9.17, 15) is 0 Å². The van der Waals surface area contributed by atoms with Gasteiger partial charge in [0, 0.05) is 0 Å². The van der Waals surface area contributed by atoms with Gasteiger partial charge in [-0.25, -0.2) is 0 Å². The SMILES string of the molecule is Pc1ccccc1.c1ccc(-c2ccccc2)cc1. The van der Waals surface area contributed by atoms with Crippen LogP contribution in [0.3, 0.4) is 0 Å². The summed E-state index contributed by atoms with van der Waals surface area (Å²) in [7, 11) is 2.63. The second kappa shape index (κ2) is 7.51. The zero-order valence-corrected chi connectivity index (χ0v) is 11.9. The normalized spacial score (nSPS) is 9.32. The first kappa shape index (κ1) is 13.5. The third-order valence-corrected chi connectivity index (χ3v) is 3.07. The van der Waals surface area contributed by atoms with Crippen LogP contribution in [0.2, 0.25) is 0 Å². The monoisotopic (exact) mass is 264 g/mol. The van der Waals surface area contributed by atoms with Crippen LogP contribution in [0.15, 0.2) is 91.0 Å². The van der Waals surface area contributed by atoms with E-state index in [1.165, 1.54) is 16.4 Å². The fraction of sp³-hybridized carbons (Fsp3) is 0. The maximum Gasteiger partial charge on any atom is -0.0184 e. The van der Waals surface area contributed by atoms with Gasteiger partial charge in [0.15, 0.2) is 0 Å². The number of benzene rings is 3. The van der Waals surface area contributed by atoms with E-state index in [-0.39, 0.29) is 0 Å². The first-order valence-electron chi connectivity index (χ1n) is 6.27. The van der Waals surface area contributed by atoms with Crippen molar-refractivity contribution in [2.75, 3.05) is 0 Å². The minimum Gasteiger partial charge on any atom is -0.106 e. The summed E-state index contributed by atoms with van der Waals surface area (Å²) in [4.78, 5) is 0. The maximum atomic E-state index is 2.63. The fourth-order valence-electron chi connectivity index (χ4n) is 1.71. The molecule has 0 bridgehead atoms. The zero-order valence-electron chi connectivity index (χ0n) is 10.7. The lowest BCUT2D eigenvalue weighted by Gasteiger charge is -1.98. The van der Waals surface area contributed by atoms with Crippen LogP contribution in [0, 0.1) is 0 Å². The summed E-state index contributed by atoms with van der Waals surface area (Å²) in [5, 5.41) is 1.24. The highest BCUT2D eigenvalue weighted by atomic mass is 31.0. The van der Waals surface area contributed by atoms with Gasteiger partial charge >= 0.3 is 0 Å². The van der Waals surface area contributed by atoms with E-state index < -0.39 is 0 Å². The number of hydrogen-bond donors (Lipinski definition) is 0. The van der Waals surface area contributed by atoms with Crippen molar-refractivity contribution in [2.45, 2.75) is 0 Å². The second-order valence-corrected chi connectivity index (χ2v) is 4.81. The molecule has 0 N–H and O–H groups in total. The first-order valence-corrected chi connectivity index (χ1v) is 6.85. The van der Waals surface area contributed by atoms with Crippen molar-refractivity contribution >= 4 is 14.5 Å². The molecule has 0 heterocycles. The summed E-state index contributed by atoms with van der Waals surface area (Å²) < 4.78 is 0. The quantitative estimate of drug-likeness (QED) is 0.566. The van der Waals surface area contributed by atoms with E-state index in [4.69, 9.17) is 0 Å². The molecule has 0 saturated carbocycles. The Balaban J connectivity index is 0.000000163. The Labute approximate surface area is 117 Å². The molecule has 0 nitrogen and oxygen atoms in total. The summed E-state index contributed by atoms with van der Waals surface area (Å²) in [6, 6.07) is 30.9. The van der Waals surface area contributed by atoms with Crippen LogP contribution in [0.25, 0.3) is 11.1 Å². The Morgan fingerprint density at radius 3 is 1.00 bits per heavy atom. The Kier molecular flexibility index (Phi) is 5.34. The highest BCUT2D eigenvalue weighted by Gasteiger charge is 1.91. The number of hydrogen-bond acceptors (Lipinski definition) is 0. The molecule has 1 unspecified atom stereocenters. The summed E-state index contributed by atoms with van der Waals surface area (Å²) in [5.41, 5.74) is 2.55. The smallest absolute Gasteiger partial charge is 0.0184 e. The Morgan fingerprint density at radius 1 is 0.421 bits per heavy atom. The van der Waals surface area contributed by atoms with Crippen molar-refractivity contribution in [3.05, 3.63) is 91.0 Å². The van der Waals surface area contributed by atoms with E-state index in [2.05, 4.69) is 57.8 Å². The van der Waals surface area contributed by atoms with Crippen LogP contribution in [-0.4, -0.2) is 0 Å². The summed E-state index contributed by atoms with van der Waals surface area (Å²) in [6.07, 6.45) is 0. The average molecular weight is 264 g/mol. The molecule has 3 rings (SSSR count). The molecule has 0 aliphatic rings. The fourth-order valence-corrected chi connectivity index (χ4v) is 1.94. The molecule has 1 heteroatoms. The molecule has 94 valence electrons. The van der Waals surface area contributed by atoms with Gasteiger partial charge in [-0.3, -0.25) is 0 Å². The van der Waals surface area contributed by atoms with Crippen LogP contribution in [0.5, 0.6) is 0 Å². The van der Waals surface area contributed by atoms with Gasteiger partial charge in [-0.2, -0.15) is 0 Å². The predicted molar refractivity (Wildman–Crippen MR) is 87.7 cm³/mol. The Hall–Kier alpha value is -1.91. The van der Waals surface area contributed by atoms with Crippen molar-refractivity contribution in [1.82, 2.24) is 0 Å². The van der Waals surface area contributed by atoms with Crippen LogP contribution in [0.1, 0.15) is 0 Å². The van der Waals surface area contributed by atoms with Crippen LogP contribution in [0.4, 0.5) is 0 Å². The molecule has 19 heavy (non-hydrogen) atoms. The molecular formula is C18H17P. The van der Waals surface area contributed by atoms with Crippen LogP contribution >= 0.6 is 9.24 Å². The Morgan fingerprint density at radius 2 is 0.737 bits per heavy atom. The second-order valence-electron chi connectivity index (χ2n) is 4.14. The van der Waals surface area contributed by atoms with Gasteiger partial charge in [0.05, 0.1) is 0 Å². The lowest BCUT2D eigenvalue weighted by molar-refractivity contribution is 1.62. The van der Waals surface area contributed by atoms with E-state index in [0.29, 0.717) is 0 Å². The minimum absolute atomic E-state index is 1.24. The molecule has 0 amide bonds. The molecule has 0 aliphatic carbocycles. The third kappa shape index (κ3) is 4.69. The molecule has 0 aromatic heterocycles. The van der Waals surface area contributed by atoms with Gasteiger partial charge in [0.1, 0.15) is 0 Å². The Bertz CT molecular complexity index is 536. The van der Waals surface area contributed by atoms with Gasteiger partial charge < -0.3 is 0 Å². The molecule has 3 aromatic rings. The summed E-state index contributed by atoms with van der Waals surface area (Å²) in [5.74, 6) is 0. The standard InChI is InChI=1S/C12H10.C6H7P/c1-3-7-11(8-4-1)12-9-5-2-6-10-12;7-6-4-2-1-3-5-6/h1-10H;1-5H,7H2. The molecule has 0 fully saturated rings. The molecular weight excluding hydrogens is 247 g/mol. The van der Waals surface area contributed by atoms with E-state index in [1.807, 2.05) is 42.5 Å². The van der Waals surface area contributed by atoms with E-state index >= 15 is 0 Å². The van der Waals surface area contributed by atoms with Gasteiger partial charge in [-0.1, -0.05) is 91.0 Å². The summed E-state index contributed by atoms with van der Waals surface area (Å²) >= 11 is 0. The first-order chi connectivity index (χ1) is 9.36. The summed E-state index contributed by atoms with van der Waals surface area (Å²) in [6.45, 7) is 0. The topological polar surface area (TPSA) is 0 Å². The number of rotatable bonds is 1. The third-order valence-electron chi connectivity index (χ3n) is 2.68. The van der Waals surface area contributed by atoms with Crippen molar-refractivity contribution in [2.24, 2.45) is 0 Å². The lowest BCUT2D eigenvalue weighted by Crippen LogP contribution is -1.82. The van der Waals surface area contributed by atoms with Gasteiger partial charge in [0.25, 0.3) is 0 Å². The molecule has 0 aliphatic heterocycles. The van der Waals surface area contributed by atoms with Crippen molar-refractivity contribution < 1.29 is 0 Å².